The van der Waals surface area contributed by atoms with E-state index in [1.165, 1.54) is 0 Å². The van der Waals surface area contributed by atoms with Crippen LogP contribution in [0.2, 0.25) is 0 Å². The maximum Gasteiger partial charge on any atom is 0.100 e. The second kappa shape index (κ2) is 7.90. The van der Waals surface area contributed by atoms with Crippen molar-refractivity contribution in [3.63, 3.8) is 0 Å². The summed E-state index contributed by atoms with van der Waals surface area (Å²) in [6.07, 6.45) is -0.854. The molecule has 4 nitrogen and oxygen atoms in total. The summed E-state index contributed by atoms with van der Waals surface area (Å²) in [6, 6.07) is 0. The molecule has 0 amide bonds. The van der Waals surface area contributed by atoms with Crippen LogP contribution in [0.4, 0.5) is 0 Å². The standard InChI is InChI=1S/C7H12Br2O4/c8-6(2-11)7(9)4-13-3-5(12)1-10/h5,10-12H,1-4H2. The highest BCUT2D eigenvalue weighted by Gasteiger charge is 2.03. The van der Waals surface area contributed by atoms with Crippen molar-refractivity contribution in [2.45, 2.75) is 6.10 Å². The van der Waals surface area contributed by atoms with Crippen molar-refractivity contribution < 1.29 is 20.1 Å². The number of hydrogen-bond donors (Lipinski definition) is 3. The Morgan fingerprint density at radius 1 is 1.23 bits per heavy atom. The number of hydrogen-bond acceptors (Lipinski definition) is 4. The average Bonchev–Trinajstić information content (AvgIpc) is 2.15. The monoisotopic (exact) mass is 318 g/mol. The predicted octanol–water partition coefficient (Wildman–Crippen LogP) is 0.350. The molecule has 0 heterocycles. The van der Waals surface area contributed by atoms with Crippen LogP contribution in [0.25, 0.3) is 0 Å². The summed E-state index contributed by atoms with van der Waals surface area (Å²) >= 11 is 6.30. The van der Waals surface area contributed by atoms with E-state index in [9.17, 15) is 0 Å². The van der Waals surface area contributed by atoms with Gasteiger partial charge in [-0.1, -0.05) is 31.9 Å². The molecule has 6 heteroatoms. The summed E-state index contributed by atoms with van der Waals surface area (Å²) in [5, 5.41) is 26.0. The van der Waals surface area contributed by atoms with Gasteiger partial charge in [0, 0.05) is 8.96 Å². The van der Waals surface area contributed by atoms with E-state index >= 15 is 0 Å². The minimum Gasteiger partial charge on any atom is -0.394 e. The van der Waals surface area contributed by atoms with Crippen molar-refractivity contribution in [2.24, 2.45) is 0 Å². The van der Waals surface area contributed by atoms with Crippen LogP contribution in [-0.4, -0.2) is 47.9 Å². The molecular weight excluding hydrogens is 308 g/mol. The predicted molar refractivity (Wildman–Crippen MR) is 55.9 cm³/mol. The Hall–Kier alpha value is 0.540. The second-order valence-corrected chi connectivity index (χ2v) is 4.23. The highest BCUT2D eigenvalue weighted by atomic mass is 79.9. The Morgan fingerprint density at radius 2 is 1.85 bits per heavy atom. The third-order valence-corrected chi connectivity index (χ3v) is 3.15. The molecule has 1 atom stereocenters. The zero-order valence-corrected chi connectivity index (χ0v) is 10.1. The van der Waals surface area contributed by atoms with Crippen LogP contribution in [0.15, 0.2) is 8.96 Å². The van der Waals surface area contributed by atoms with E-state index in [2.05, 4.69) is 31.9 Å². The number of aliphatic hydroxyl groups is 3. The number of aliphatic hydroxyl groups excluding tert-OH is 3. The van der Waals surface area contributed by atoms with Crippen molar-refractivity contribution in [2.75, 3.05) is 26.4 Å². The first-order chi connectivity index (χ1) is 6.11. The molecule has 0 aromatic heterocycles. The molecule has 0 saturated carbocycles. The van der Waals surface area contributed by atoms with Crippen LogP contribution < -0.4 is 0 Å². The summed E-state index contributed by atoms with van der Waals surface area (Å²) in [6.45, 7) is -0.107. The van der Waals surface area contributed by atoms with Crippen LogP contribution >= 0.6 is 31.9 Å². The Morgan fingerprint density at radius 3 is 2.31 bits per heavy atom. The molecule has 0 bridgehead atoms. The average molecular weight is 320 g/mol. The van der Waals surface area contributed by atoms with Gasteiger partial charge in [0.15, 0.2) is 0 Å². The van der Waals surface area contributed by atoms with E-state index in [1.807, 2.05) is 0 Å². The number of halogens is 2. The molecular formula is C7H12Br2O4. The molecule has 0 spiro atoms. The van der Waals surface area contributed by atoms with Crippen molar-refractivity contribution in [1.29, 1.82) is 0 Å². The van der Waals surface area contributed by atoms with E-state index < -0.39 is 6.10 Å². The SMILES string of the molecule is OCC(Br)=C(Br)COCC(O)CO. The summed E-state index contributed by atoms with van der Waals surface area (Å²) in [5.41, 5.74) is 0. The molecule has 0 aromatic carbocycles. The first-order valence-electron chi connectivity index (χ1n) is 3.62. The first kappa shape index (κ1) is 13.5. The van der Waals surface area contributed by atoms with Gasteiger partial charge in [-0.15, -0.1) is 0 Å². The molecule has 1 unspecified atom stereocenters. The molecule has 0 rings (SSSR count). The lowest BCUT2D eigenvalue weighted by molar-refractivity contribution is 0.0144. The molecule has 78 valence electrons. The lowest BCUT2D eigenvalue weighted by Gasteiger charge is -2.08. The van der Waals surface area contributed by atoms with E-state index in [0.717, 1.165) is 0 Å². The van der Waals surface area contributed by atoms with Gasteiger partial charge in [0.25, 0.3) is 0 Å². The van der Waals surface area contributed by atoms with Crippen molar-refractivity contribution in [1.82, 2.24) is 0 Å². The topological polar surface area (TPSA) is 69.9 Å². The van der Waals surface area contributed by atoms with Gasteiger partial charge in [-0.3, -0.25) is 0 Å². The van der Waals surface area contributed by atoms with Gasteiger partial charge in [0.1, 0.15) is 6.10 Å². The van der Waals surface area contributed by atoms with Gasteiger partial charge in [-0.25, -0.2) is 0 Å². The van der Waals surface area contributed by atoms with Crippen LogP contribution in [0.3, 0.4) is 0 Å². The normalized spacial score (nSPS) is 15.5. The summed E-state index contributed by atoms with van der Waals surface area (Å²) in [7, 11) is 0. The third-order valence-electron chi connectivity index (χ3n) is 1.18. The zero-order valence-electron chi connectivity index (χ0n) is 6.91. The summed E-state index contributed by atoms with van der Waals surface area (Å²) in [5.74, 6) is 0. The molecule has 0 saturated heterocycles. The highest BCUT2D eigenvalue weighted by molar-refractivity contribution is 9.14. The molecule has 0 radical (unpaired) electrons. The molecule has 0 aliphatic rings. The molecule has 13 heavy (non-hydrogen) atoms. The fourth-order valence-electron chi connectivity index (χ4n) is 0.501. The Bertz CT molecular complexity index is 172. The Kier molecular flexibility index (Phi) is 8.23. The second-order valence-electron chi connectivity index (χ2n) is 2.32. The van der Waals surface area contributed by atoms with Crippen LogP contribution in [0, 0.1) is 0 Å². The van der Waals surface area contributed by atoms with E-state index in [-0.39, 0.29) is 26.4 Å². The van der Waals surface area contributed by atoms with Crippen molar-refractivity contribution in [3.8, 4) is 0 Å². The van der Waals surface area contributed by atoms with Crippen LogP contribution in [0.5, 0.6) is 0 Å². The first-order valence-corrected chi connectivity index (χ1v) is 5.21. The Balaban J connectivity index is 3.65. The maximum atomic E-state index is 8.90. The molecule has 3 N–H and O–H groups in total. The minimum absolute atomic E-state index is 0.0668. The number of rotatable bonds is 6. The maximum absolute atomic E-state index is 8.90. The number of ether oxygens (including phenoxy) is 1. The smallest absolute Gasteiger partial charge is 0.100 e. The molecule has 0 aromatic rings. The third kappa shape index (κ3) is 6.59. The van der Waals surface area contributed by atoms with Gasteiger partial charge in [-0.05, 0) is 0 Å². The van der Waals surface area contributed by atoms with Crippen molar-refractivity contribution >= 4 is 31.9 Å². The van der Waals surface area contributed by atoms with Gasteiger partial charge < -0.3 is 20.1 Å². The molecule has 0 fully saturated rings. The lowest BCUT2D eigenvalue weighted by Crippen LogP contribution is -2.19. The van der Waals surface area contributed by atoms with Gasteiger partial charge in [0.2, 0.25) is 0 Å². The fourth-order valence-corrected chi connectivity index (χ4v) is 0.903. The zero-order chi connectivity index (χ0) is 10.3. The van der Waals surface area contributed by atoms with Crippen molar-refractivity contribution in [3.05, 3.63) is 8.96 Å². The van der Waals surface area contributed by atoms with Gasteiger partial charge >= 0.3 is 0 Å². The summed E-state index contributed by atoms with van der Waals surface area (Å²) < 4.78 is 6.30. The van der Waals surface area contributed by atoms with E-state index in [4.69, 9.17) is 20.1 Å². The van der Waals surface area contributed by atoms with Crippen LogP contribution in [0.1, 0.15) is 0 Å². The lowest BCUT2D eigenvalue weighted by atomic mass is 10.4. The van der Waals surface area contributed by atoms with Crippen LogP contribution in [-0.2, 0) is 4.74 Å². The highest BCUT2D eigenvalue weighted by Crippen LogP contribution is 2.17. The van der Waals surface area contributed by atoms with E-state index in [1.54, 1.807) is 0 Å². The van der Waals surface area contributed by atoms with Gasteiger partial charge in [-0.2, -0.15) is 0 Å². The molecule has 0 aliphatic carbocycles. The quantitative estimate of drug-likeness (QED) is 0.661. The minimum atomic E-state index is -0.854. The molecule has 0 aliphatic heterocycles. The van der Waals surface area contributed by atoms with E-state index in [0.29, 0.717) is 8.96 Å². The Labute approximate surface area is 93.5 Å². The largest absolute Gasteiger partial charge is 0.394 e. The van der Waals surface area contributed by atoms with Gasteiger partial charge in [0.05, 0.1) is 26.4 Å². The summed E-state index contributed by atoms with van der Waals surface area (Å²) in [4.78, 5) is 0. The fraction of sp³-hybridized carbons (Fsp3) is 0.714.